The fourth-order valence-electron chi connectivity index (χ4n) is 4.90. The SMILES string of the molecule is O=C(O)C[C@@H]1CCC[C@H]1NC(=O)CCNC(=O)OCC1c2ccccc2-c2ccccc21. The van der Waals surface area contributed by atoms with Crippen molar-refractivity contribution in [1.82, 2.24) is 10.6 Å². The van der Waals surface area contributed by atoms with Crippen LogP contribution in [-0.2, 0) is 14.3 Å². The summed E-state index contributed by atoms with van der Waals surface area (Å²) < 4.78 is 5.47. The lowest BCUT2D eigenvalue weighted by molar-refractivity contribution is -0.138. The van der Waals surface area contributed by atoms with Gasteiger partial charge in [-0.1, -0.05) is 55.0 Å². The molecule has 0 heterocycles. The van der Waals surface area contributed by atoms with Crippen molar-refractivity contribution in [1.29, 1.82) is 0 Å². The molecular formula is C25H28N2O5. The highest BCUT2D eigenvalue weighted by atomic mass is 16.5. The lowest BCUT2D eigenvalue weighted by atomic mass is 9.98. The van der Waals surface area contributed by atoms with Crippen LogP contribution in [0.15, 0.2) is 48.5 Å². The van der Waals surface area contributed by atoms with Crippen LogP contribution in [-0.4, -0.2) is 42.3 Å². The van der Waals surface area contributed by atoms with E-state index in [9.17, 15) is 14.4 Å². The number of aliphatic carboxylic acids is 1. The molecule has 1 saturated carbocycles. The summed E-state index contributed by atoms with van der Waals surface area (Å²) in [7, 11) is 0. The minimum absolute atomic E-state index is 0.00927. The molecule has 2 aliphatic carbocycles. The summed E-state index contributed by atoms with van der Waals surface area (Å²) in [6.07, 6.45) is 2.17. The average Bonchev–Trinajstić information content (AvgIpc) is 3.33. The minimum atomic E-state index is -0.840. The third-order valence-corrected chi connectivity index (χ3v) is 6.41. The number of alkyl carbamates (subject to hydrolysis) is 1. The van der Waals surface area contributed by atoms with Gasteiger partial charge in [-0.05, 0) is 41.0 Å². The summed E-state index contributed by atoms with van der Waals surface area (Å²) in [5.74, 6) is -1.06. The van der Waals surface area contributed by atoms with Crippen LogP contribution in [0.4, 0.5) is 4.79 Å². The van der Waals surface area contributed by atoms with Gasteiger partial charge >= 0.3 is 12.1 Å². The number of carbonyl (C=O) groups is 3. The van der Waals surface area contributed by atoms with E-state index < -0.39 is 12.1 Å². The van der Waals surface area contributed by atoms with Gasteiger partial charge in [-0.15, -0.1) is 0 Å². The van der Waals surface area contributed by atoms with Crippen molar-refractivity contribution in [2.75, 3.05) is 13.2 Å². The Bertz CT molecular complexity index is 960. The van der Waals surface area contributed by atoms with Gasteiger partial charge in [-0.25, -0.2) is 4.79 Å². The zero-order valence-electron chi connectivity index (χ0n) is 17.9. The van der Waals surface area contributed by atoms with Gasteiger partial charge in [0.05, 0.1) is 6.42 Å². The fraction of sp³-hybridized carbons (Fsp3) is 0.400. The summed E-state index contributed by atoms with van der Waals surface area (Å²) in [6, 6.07) is 16.2. The van der Waals surface area contributed by atoms with Crippen molar-refractivity contribution in [3.63, 3.8) is 0 Å². The van der Waals surface area contributed by atoms with E-state index in [1.54, 1.807) is 0 Å². The van der Waals surface area contributed by atoms with Gasteiger partial charge in [0.25, 0.3) is 0 Å². The van der Waals surface area contributed by atoms with Gasteiger partial charge in [0.2, 0.25) is 5.91 Å². The number of rotatable bonds is 8. The molecule has 7 heteroatoms. The molecule has 0 saturated heterocycles. The molecule has 2 amide bonds. The molecule has 4 rings (SSSR count). The molecule has 0 bridgehead atoms. The van der Waals surface area contributed by atoms with E-state index in [1.807, 2.05) is 24.3 Å². The fourth-order valence-corrected chi connectivity index (χ4v) is 4.90. The third kappa shape index (κ3) is 4.93. The predicted molar refractivity (Wildman–Crippen MR) is 119 cm³/mol. The van der Waals surface area contributed by atoms with Crippen LogP contribution in [0.25, 0.3) is 11.1 Å². The molecule has 2 atom stereocenters. The van der Waals surface area contributed by atoms with E-state index in [0.717, 1.165) is 30.4 Å². The second-order valence-corrected chi connectivity index (χ2v) is 8.47. The first-order valence-corrected chi connectivity index (χ1v) is 11.1. The first-order valence-electron chi connectivity index (χ1n) is 11.1. The van der Waals surface area contributed by atoms with Crippen LogP contribution in [0.3, 0.4) is 0 Å². The number of carboxylic acids is 1. The molecule has 0 unspecified atom stereocenters. The molecule has 0 spiro atoms. The number of hydrogen-bond acceptors (Lipinski definition) is 4. The predicted octanol–water partition coefficient (Wildman–Crippen LogP) is 3.67. The first-order chi connectivity index (χ1) is 15.5. The summed E-state index contributed by atoms with van der Waals surface area (Å²) >= 11 is 0. The highest BCUT2D eigenvalue weighted by molar-refractivity contribution is 5.79. The Morgan fingerprint density at radius 3 is 2.28 bits per heavy atom. The van der Waals surface area contributed by atoms with E-state index in [4.69, 9.17) is 9.84 Å². The van der Waals surface area contributed by atoms with Crippen LogP contribution in [0.1, 0.15) is 49.1 Å². The molecule has 1 fully saturated rings. The second-order valence-electron chi connectivity index (χ2n) is 8.47. The molecule has 2 aliphatic rings. The van der Waals surface area contributed by atoms with Crippen LogP contribution in [0.2, 0.25) is 0 Å². The summed E-state index contributed by atoms with van der Waals surface area (Å²) in [5, 5.41) is 14.5. The van der Waals surface area contributed by atoms with Crippen molar-refractivity contribution >= 4 is 18.0 Å². The summed E-state index contributed by atoms with van der Waals surface area (Å²) in [4.78, 5) is 35.3. The molecule has 2 aromatic carbocycles. The highest BCUT2D eigenvalue weighted by Crippen LogP contribution is 2.44. The van der Waals surface area contributed by atoms with Crippen LogP contribution in [0, 0.1) is 5.92 Å². The number of nitrogens with one attached hydrogen (secondary N) is 2. The van der Waals surface area contributed by atoms with Crippen molar-refractivity contribution in [3.05, 3.63) is 59.7 Å². The Balaban J connectivity index is 1.22. The van der Waals surface area contributed by atoms with E-state index in [1.165, 1.54) is 11.1 Å². The number of benzene rings is 2. The second kappa shape index (κ2) is 9.85. The summed E-state index contributed by atoms with van der Waals surface area (Å²) in [5.41, 5.74) is 4.63. The molecule has 32 heavy (non-hydrogen) atoms. The molecule has 3 N–H and O–H groups in total. The average molecular weight is 437 g/mol. The highest BCUT2D eigenvalue weighted by Gasteiger charge is 2.30. The Hall–Kier alpha value is -3.35. The smallest absolute Gasteiger partial charge is 0.407 e. The molecular weight excluding hydrogens is 408 g/mol. The molecule has 0 aromatic heterocycles. The number of hydrogen-bond donors (Lipinski definition) is 3. The lowest BCUT2D eigenvalue weighted by Gasteiger charge is -2.19. The number of amides is 2. The maximum atomic E-state index is 12.2. The molecule has 168 valence electrons. The van der Waals surface area contributed by atoms with Crippen LogP contribution < -0.4 is 10.6 Å². The summed E-state index contributed by atoms with van der Waals surface area (Å²) in [6.45, 7) is 0.393. The van der Waals surface area contributed by atoms with Gasteiger partial charge in [-0.2, -0.15) is 0 Å². The zero-order chi connectivity index (χ0) is 22.5. The van der Waals surface area contributed by atoms with E-state index in [0.29, 0.717) is 0 Å². The topological polar surface area (TPSA) is 105 Å². The van der Waals surface area contributed by atoms with E-state index in [2.05, 4.69) is 34.9 Å². The first kappa shape index (κ1) is 21.9. The third-order valence-electron chi connectivity index (χ3n) is 6.41. The molecule has 2 aromatic rings. The molecule has 7 nitrogen and oxygen atoms in total. The van der Waals surface area contributed by atoms with Gasteiger partial charge in [0.15, 0.2) is 0 Å². The van der Waals surface area contributed by atoms with Gasteiger partial charge in [0, 0.05) is 24.9 Å². The van der Waals surface area contributed by atoms with Crippen molar-refractivity contribution in [3.8, 4) is 11.1 Å². The normalized spacial score (nSPS) is 19.1. The van der Waals surface area contributed by atoms with Crippen molar-refractivity contribution < 1.29 is 24.2 Å². The Morgan fingerprint density at radius 1 is 0.969 bits per heavy atom. The van der Waals surface area contributed by atoms with Gasteiger partial charge in [0.1, 0.15) is 6.61 Å². The Labute approximate surface area is 187 Å². The number of fused-ring (bicyclic) bond motifs is 3. The molecule has 0 radical (unpaired) electrons. The maximum Gasteiger partial charge on any atom is 0.407 e. The lowest BCUT2D eigenvalue weighted by Crippen LogP contribution is -2.39. The Kier molecular flexibility index (Phi) is 6.73. The largest absolute Gasteiger partial charge is 0.481 e. The van der Waals surface area contributed by atoms with Crippen molar-refractivity contribution in [2.45, 2.75) is 44.1 Å². The quantitative estimate of drug-likeness (QED) is 0.586. The van der Waals surface area contributed by atoms with Crippen LogP contribution >= 0.6 is 0 Å². The van der Waals surface area contributed by atoms with Crippen LogP contribution in [0.5, 0.6) is 0 Å². The minimum Gasteiger partial charge on any atom is -0.481 e. The number of carboxylic acid groups (broad SMARTS) is 1. The molecule has 0 aliphatic heterocycles. The van der Waals surface area contributed by atoms with Crippen molar-refractivity contribution in [2.24, 2.45) is 5.92 Å². The maximum absolute atomic E-state index is 12.2. The van der Waals surface area contributed by atoms with E-state index >= 15 is 0 Å². The number of ether oxygens (including phenoxy) is 1. The Morgan fingerprint density at radius 2 is 1.62 bits per heavy atom. The van der Waals surface area contributed by atoms with Gasteiger partial charge < -0.3 is 20.5 Å². The monoisotopic (exact) mass is 436 g/mol. The zero-order valence-corrected chi connectivity index (χ0v) is 17.9. The van der Waals surface area contributed by atoms with E-state index in [-0.39, 0.29) is 49.8 Å². The van der Waals surface area contributed by atoms with Gasteiger partial charge in [-0.3, -0.25) is 9.59 Å². The standard InChI is InChI=1S/C25H28N2O5/c28-23(27-22-11-5-6-16(22)14-24(29)30)12-13-26-25(31)32-15-21-19-9-3-1-7-17(19)18-8-2-4-10-20(18)21/h1-4,7-10,16,21-22H,5-6,11-15H2,(H,26,31)(H,27,28)(H,29,30)/t16-,22+/m0/s1. The number of carbonyl (C=O) groups excluding carboxylic acids is 2.